The lowest BCUT2D eigenvalue weighted by Gasteiger charge is -2.22. The van der Waals surface area contributed by atoms with Gasteiger partial charge in [0.05, 0.1) is 5.54 Å². The van der Waals surface area contributed by atoms with E-state index in [9.17, 15) is 4.79 Å². The molecule has 0 radical (unpaired) electrons. The molecule has 0 aromatic carbocycles. The molecule has 0 aromatic rings. The van der Waals surface area contributed by atoms with E-state index in [4.69, 9.17) is 5.73 Å². The zero-order valence-electron chi connectivity index (χ0n) is 12.0. The summed E-state index contributed by atoms with van der Waals surface area (Å²) in [5.41, 5.74) is 5.52. The molecule has 18 heavy (non-hydrogen) atoms. The molecule has 0 spiro atoms. The standard InChI is InChI=1S/C14H29N3O/c1-3-17(4-2)12-8-7-11-16-13(18)14(15)9-5-6-10-14/h3-12,15H2,1-2H3,(H,16,18). The van der Waals surface area contributed by atoms with Crippen molar-refractivity contribution >= 4 is 5.91 Å². The number of nitrogens with two attached hydrogens (primary N) is 1. The van der Waals surface area contributed by atoms with E-state index in [2.05, 4.69) is 24.1 Å². The number of hydrogen-bond donors (Lipinski definition) is 2. The first kappa shape index (κ1) is 15.4. The number of nitrogens with one attached hydrogen (secondary N) is 1. The Hall–Kier alpha value is -0.610. The first-order chi connectivity index (χ1) is 8.62. The highest BCUT2D eigenvalue weighted by Gasteiger charge is 2.36. The van der Waals surface area contributed by atoms with Crippen LogP contribution < -0.4 is 11.1 Å². The van der Waals surface area contributed by atoms with Gasteiger partial charge in [-0.2, -0.15) is 0 Å². The molecule has 4 heteroatoms. The SMILES string of the molecule is CCN(CC)CCCCNC(=O)C1(N)CCCC1. The van der Waals surface area contributed by atoms with Crippen LogP contribution in [0.2, 0.25) is 0 Å². The van der Waals surface area contributed by atoms with Gasteiger partial charge in [-0.1, -0.05) is 26.7 Å². The summed E-state index contributed by atoms with van der Waals surface area (Å²) in [4.78, 5) is 14.3. The third-order valence-electron chi connectivity index (χ3n) is 4.03. The van der Waals surface area contributed by atoms with E-state index in [0.29, 0.717) is 0 Å². The summed E-state index contributed by atoms with van der Waals surface area (Å²) in [6.45, 7) is 8.46. The molecule has 0 unspecified atom stereocenters. The van der Waals surface area contributed by atoms with E-state index in [1.165, 1.54) is 0 Å². The molecule has 1 amide bonds. The maximum absolute atomic E-state index is 11.9. The van der Waals surface area contributed by atoms with Gasteiger partial charge in [0.15, 0.2) is 0 Å². The molecule has 0 saturated heterocycles. The summed E-state index contributed by atoms with van der Waals surface area (Å²) in [6, 6.07) is 0. The third-order valence-corrected chi connectivity index (χ3v) is 4.03. The van der Waals surface area contributed by atoms with Gasteiger partial charge in [-0.05, 0) is 45.3 Å². The number of nitrogens with zero attached hydrogens (tertiary/aromatic N) is 1. The van der Waals surface area contributed by atoms with Gasteiger partial charge < -0.3 is 16.0 Å². The molecule has 0 aromatic heterocycles. The molecule has 1 fully saturated rings. The van der Waals surface area contributed by atoms with Crippen LogP contribution in [0.15, 0.2) is 0 Å². The molecular formula is C14H29N3O. The summed E-state index contributed by atoms with van der Waals surface area (Å²) < 4.78 is 0. The van der Waals surface area contributed by atoms with Crippen molar-refractivity contribution in [2.75, 3.05) is 26.2 Å². The van der Waals surface area contributed by atoms with Crippen molar-refractivity contribution < 1.29 is 4.79 Å². The number of hydrogen-bond acceptors (Lipinski definition) is 3. The maximum Gasteiger partial charge on any atom is 0.240 e. The fourth-order valence-electron chi connectivity index (χ4n) is 2.61. The lowest BCUT2D eigenvalue weighted by atomic mass is 9.98. The second-order valence-electron chi connectivity index (χ2n) is 5.35. The average molecular weight is 255 g/mol. The molecule has 106 valence electrons. The van der Waals surface area contributed by atoms with Crippen LogP contribution in [0.4, 0.5) is 0 Å². The zero-order valence-corrected chi connectivity index (χ0v) is 12.0. The van der Waals surface area contributed by atoms with E-state index in [0.717, 1.165) is 64.7 Å². The highest BCUT2D eigenvalue weighted by Crippen LogP contribution is 2.27. The highest BCUT2D eigenvalue weighted by molar-refractivity contribution is 5.86. The Morgan fingerprint density at radius 1 is 1.22 bits per heavy atom. The van der Waals surface area contributed by atoms with Crippen molar-refractivity contribution in [1.29, 1.82) is 0 Å². The van der Waals surface area contributed by atoms with Gasteiger partial charge in [0.2, 0.25) is 5.91 Å². The van der Waals surface area contributed by atoms with Crippen LogP contribution in [-0.2, 0) is 4.79 Å². The number of rotatable bonds is 8. The van der Waals surface area contributed by atoms with E-state index in [-0.39, 0.29) is 5.91 Å². The number of carbonyl (C=O) groups excluding carboxylic acids is 1. The first-order valence-electron chi connectivity index (χ1n) is 7.42. The van der Waals surface area contributed by atoms with Crippen LogP contribution in [0.25, 0.3) is 0 Å². The van der Waals surface area contributed by atoms with Gasteiger partial charge in [0.1, 0.15) is 0 Å². The Labute approximate surface area is 111 Å². The molecule has 1 aliphatic rings. The molecular weight excluding hydrogens is 226 g/mol. The first-order valence-corrected chi connectivity index (χ1v) is 7.42. The minimum atomic E-state index is -0.571. The van der Waals surface area contributed by atoms with Crippen LogP contribution in [0.5, 0.6) is 0 Å². The van der Waals surface area contributed by atoms with Crippen LogP contribution in [-0.4, -0.2) is 42.5 Å². The van der Waals surface area contributed by atoms with Crippen molar-refractivity contribution in [3.8, 4) is 0 Å². The monoisotopic (exact) mass is 255 g/mol. The van der Waals surface area contributed by atoms with Gasteiger partial charge in [-0.25, -0.2) is 0 Å². The Morgan fingerprint density at radius 3 is 2.39 bits per heavy atom. The topological polar surface area (TPSA) is 58.4 Å². The van der Waals surface area contributed by atoms with Gasteiger partial charge in [0.25, 0.3) is 0 Å². The molecule has 1 aliphatic carbocycles. The van der Waals surface area contributed by atoms with Crippen LogP contribution in [0, 0.1) is 0 Å². The Morgan fingerprint density at radius 2 is 1.83 bits per heavy atom. The summed E-state index contributed by atoms with van der Waals surface area (Å²) in [7, 11) is 0. The van der Waals surface area contributed by atoms with Crippen molar-refractivity contribution in [1.82, 2.24) is 10.2 Å². The quantitative estimate of drug-likeness (QED) is 0.646. The Bertz CT molecular complexity index is 245. The van der Waals surface area contributed by atoms with Crippen LogP contribution >= 0.6 is 0 Å². The van der Waals surface area contributed by atoms with Crippen molar-refractivity contribution in [3.63, 3.8) is 0 Å². The molecule has 0 heterocycles. The maximum atomic E-state index is 11.9. The number of amides is 1. The Kier molecular flexibility index (Phi) is 6.65. The zero-order chi connectivity index (χ0) is 13.4. The van der Waals surface area contributed by atoms with Gasteiger partial charge in [-0.15, -0.1) is 0 Å². The second-order valence-corrected chi connectivity index (χ2v) is 5.35. The fourth-order valence-corrected chi connectivity index (χ4v) is 2.61. The van der Waals surface area contributed by atoms with Crippen molar-refractivity contribution in [2.45, 2.75) is 57.9 Å². The molecule has 3 N–H and O–H groups in total. The molecule has 4 nitrogen and oxygen atoms in total. The van der Waals surface area contributed by atoms with Gasteiger partial charge in [0, 0.05) is 6.54 Å². The predicted molar refractivity (Wildman–Crippen MR) is 75.4 cm³/mol. The predicted octanol–water partition coefficient (Wildman–Crippen LogP) is 1.50. The number of unbranched alkanes of at least 4 members (excludes halogenated alkanes) is 1. The molecule has 0 bridgehead atoms. The van der Waals surface area contributed by atoms with Crippen LogP contribution in [0.1, 0.15) is 52.4 Å². The van der Waals surface area contributed by atoms with E-state index in [1.54, 1.807) is 0 Å². The van der Waals surface area contributed by atoms with Gasteiger partial charge >= 0.3 is 0 Å². The summed E-state index contributed by atoms with van der Waals surface area (Å²) in [5, 5.41) is 2.99. The fraction of sp³-hybridized carbons (Fsp3) is 0.929. The smallest absolute Gasteiger partial charge is 0.240 e. The largest absolute Gasteiger partial charge is 0.355 e. The lowest BCUT2D eigenvalue weighted by molar-refractivity contribution is -0.126. The van der Waals surface area contributed by atoms with E-state index < -0.39 is 5.54 Å². The lowest BCUT2D eigenvalue weighted by Crippen LogP contribution is -2.52. The summed E-state index contributed by atoms with van der Waals surface area (Å²) in [5.74, 6) is 0.0582. The number of carbonyl (C=O) groups is 1. The molecule has 1 saturated carbocycles. The molecule has 0 atom stereocenters. The summed E-state index contributed by atoms with van der Waals surface area (Å²) >= 11 is 0. The minimum absolute atomic E-state index is 0.0582. The average Bonchev–Trinajstić information content (AvgIpc) is 2.82. The molecule has 0 aliphatic heterocycles. The summed E-state index contributed by atoms with van der Waals surface area (Å²) in [6.07, 6.45) is 6.05. The molecule has 1 rings (SSSR count). The van der Waals surface area contributed by atoms with Gasteiger partial charge in [-0.3, -0.25) is 4.79 Å². The third kappa shape index (κ3) is 4.58. The minimum Gasteiger partial charge on any atom is -0.355 e. The van der Waals surface area contributed by atoms with E-state index >= 15 is 0 Å². The van der Waals surface area contributed by atoms with Crippen molar-refractivity contribution in [3.05, 3.63) is 0 Å². The Balaban J connectivity index is 2.09. The van der Waals surface area contributed by atoms with Crippen LogP contribution in [0.3, 0.4) is 0 Å². The normalized spacial score (nSPS) is 18.2. The second kappa shape index (κ2) is 7.74. The highest BCUT2D eigenvalue weighted by atomic mass is 16.2. The van der Waals surface area contributed by atoms with E-state index in [1.807, 2.05) is 0 Å². The van der Waals surface area contributed by atoms with Crippen molar-refractivity contribution in [2.24, 2.45) is 5.73 Å².